The van der Waals surface area contributed by atoms with Crippen LogP contribution in [0.4, 0.5) is 0 Å². The number of rotatable bonds is 3. The molecule has 1 aromatic rings. The Balaban J connectivity index is 2.25. The topological polar surface area (TPSA) is 21.3 Å². The number of fused-ring (bicyclic) bond motifs is 1. The minimum atomic E-state index is 0.513. The van der Waals surface area contributed by atoms with Crippen LogP contribution in [0.5, 0.6) is 0 Å². The molecule has 2 nitrogen and oxygen atoms in total. The maximum Gasteiger partial charge on any atom is 0.0722 e. The largest absolute Gasteiger partial charge is 0.376 e. The molecule has 0 spiro atoms. The molecule has 0 fully saturated rings. The van der Waals surface area contributed by atoms with Gasteiger partial charge in [-0.2, -0.15) is 0 Å². The van der Waals surface area contributed by atoms with E-state index in [0.29, 0.717) is 6.04 Å². The SMILES string of the molecule is CC(C)NCc1cc(Br)cc2c1COCC2. The first-order chi connectivity index (χ1) is 7.66. The van der Waals surface area contributed by atoms with Gasteiger partial charge in [-0.25, -0.2) is 0 Å². The van der Waals surface area contributed by atoms with Gasteiger partial charge in [0.15, 0.2) is 0 Å². The molecule has 0 radical (unpaired) electrons. The van der Waals surface area contributed by atoms with E-state index in [-0.39, 0.29) is 0 Å². The van der Waals surface area contributed by atoms with Crippen molar-refractivity contribution >= 4 is 15.9 Å². The van der Waals surface area contributed by atoms with Crippen LogP contribution < -0.4 is 5.32 Å². The first-order valence-electron chi connectivity index (χ1n) is 5.78. The summed E-state index contributed by atoms with van der Waals surface area (Å²) in [5, 5.41) is 3.46. The summed E-state index contributed by atoms with van der Waals surface area (Å²) >= 11 is 3.58. The lowest BCUT2D eigenvalue weighted by molar-refractivity contribution is 0.110. The zero-order valence-corrected chi connectivity index (χ0v) is 11.4. The number of ether oxygens (including phenoxy) is 1. The van der Waals surface area contributed by atoms with Gasteiger partial charge in [0.2, 0.25) is 0 Å². The Kier molecular flexibility index (Phi) is 4.00. The molecule has 3 heteroatoms. The van der Waals surface area contributed by atoms with Crippen LogP contribution in [0.1, 0.15) is 30.5 Å². The predicted octanol–water partition coefficient (Wildman–Crippen LogP) is 3.02. The van der Waals surface area contributed by atoms with Gasteiger partial charge in [0.05, 0.1) is 13.2 Å². The van der Waals surface area contributed by atoms with Crippen LogP contribution in [0.2, 0.25) is 0 Å². The summed E-state index contributed by atoms with van der Waals surface area (Å²) in [6.45, 7) is 6.86. The molecule has 1 heterocycles. The van der Waals surface area contributed by atoms with Crippen molar-refractivity contribution < 1.29 is 4.74 Å². The number of hydrogen-bond acceptors (Lipinski definition) is 2. The van der Waals surface area contributed by atoms with Crippen LogP contribution in [-0.2, 0) is 24.3 Å². The first-order valence-corrected chi connectivity index (χ1v) is 6.57. The monoisotopic (exact) mass is 283 g/mol. The van der Waals surface area contributed by atoms with Crippen molar-refractivity contribution in [3.8, 4) is 0 Å². The second-order valence-corrected chi connectivity index (χ2v) is 5.46. The molecule has 88 valence electrons. The van der Waals surface area contributed by atoms with Crippen LogP contribution in [-0.4, -0.2) is 12.6 Å². The summed E-state index contributed by atoms with van der Waals surface area (Å²) in [5.41, 5.74) is 4.17. The summed E-state index contributed by atoms with van der Waals surface area (Å²) in [6, 6.07) is 4.93. The number of hydrogen-bond donors (Lipinski definition) is 1. The Morgan fingerprint density at radius 2 is 2.25 bits per heavy atom. The van der Waals surface area contributed by atoms with Gasteiger partial charge in [0.1, 0.15) is 0 Å². The third kappa shape index (κ3) is 2.84. The van der Waals surface area contributed by atoms with E-state index >= 15 is 0 Å². The Hall–Kier alpha value is -0.380. The Bertz CT molecular complexity index is 376. The standard InChI is InChI=1S/C13H18BrNO/c1-9(2)15-7-11-6-12(14)5-10-3-4-16-8-13(10)11/h5-6,9,15H,3-4,7-8H2,1-2H3. The molecule has 0 atom stereocenters. The predicted molar refractivity (Wildman–Crippen MR) is 69.5 cm³/mol. The van der Waals surface area contributed by atoms with Gasteiger partial charge in [-0.1, -0.05) is 29.8 Å². The maximum absolute atomic E-state index is 5.54. The molecule has 0 unspecified atom stereocenters. The zero-order chi connectivity index (χ0) is 11.5. The number of halogens is 1. The minimum absolute atomic E-state index is 0.513. The van der Waals surface area contributed by atoms with Crippen molar-refractivity contribution in [2.24, 2.45) is 0 Å². The summed E-state index contributed by atoms with van der Waals surface area (Å²) in [6.07, 6.45) is 1.03. The van der Waals surface area contributed by atoms with Crippen molar-refractivity contribution in [1.29, 1.82) is 0 Å². The lowest BCUT2D eigenvalue weighted by Gasteiger charge is -2.21. The minimum Gasteiger partial charge on any atom is -0.376 e. The molecule has 1 aliphatic heterocycles. The van der Waals surface area contributed by atoms with Gasteiger partial charge < -0.3 is 10.1 Å². The molecule has 2 rings (SSSR count). The zero-order valence-electron chi connectivity index (χ0n) is 9.85. The Morgan fingerprint density at radius 3 is 3.00 bits per heavy atom. The molecule has 0 aliphatic carbocycles. The number of nitrogens with one attached hydrogen (secondary N) is 1. The highest BCUT2D eigenvalue weighted by atomic mass is 79.9. The second kappa shape index (κ2) is 5.30. The van der Waals surface area contributed by atoms with E-state index in [1.165, 1.54) is 21.2 Å². The maximum atomic E-state index is 5.54. The van der Waals surface area contributed by atoms with Crippen molar-refractivity contribution in [3.63, 3.8) is 0 Å². The average Bonchev–Trinajstić information content (AvgIpc) is 2.25. The van der Waals surface area contributed by atoms with Gasteiger partial charge in [-0.05, 0) is 35.2 Å². The van der Waals surface area contributed by atoms with Crippen molar-refractivity contribution in [2.45, 2.75) is 39.5 Å². The van der Waals surface area contributed by atoms with Crippen LogP contribution in [0.3, 0.4) is 0 Å². The molecular formula is C13H18BrNO. The summed E-state index contributed by atoms with van der Waals surface area (Å²) in [4.78, 5) is 0. The molecule has 16 heavy (non-hydrogen) atoms. The molecule has 1 N–H and O–H groups in total. The smallest absolute Gasteiger partial charge is 0.0722 e. The lowest BCUT2D eigenvalue weighted by atomic mass is 9.97. The Labute approximate surface area is 106 Å². The average molecular weight is 284 g/mol. The van der Waals surface area contributed by atoms with Crippen LogP contribution >= 0.6 is 15.9 Å². The quantitative estimate of drug-likeness (QED) is 0.921. The summed E-state index contributed by atoms with van der Waals surface area (Å²) in [7, 11) is 0. The molecule has 0 aromatic heterocycles. The van der Waals surface area contributed by atoms with E-state index in [4.69, 9.17) is 4.74 Å². The van der Waals surface area contributed by atoms with E-state index in [1.807, 2.05) is 0 Å². The summed E-state index contributed by atoms with van der Waals surface area (Å²) in [5.74, 6) is 0. The van der Waals surface area contributed by atoms with E-state index < -0.39 is 0 Å². The molecule has 1 aromatic carbocycles. The van der Waals surface area contributed by atoms with E-state index in [1.54, 1.807) is 0 Å². The van der Waals surface area contributed by atoms with E-state index in [9.17, 15) is 0 Å². The third-order valence-corrected chi connectivity index (χ3v) is 3.32. The van der Waals surface area contributed by atoms with Gasteiger partial charge in [0.25, 0.3) is 0 Å². The normalized spacial score (nSPS) is 15.2. The molecule has 0 saturated heterocycles. The molecule has 0 saturated carbocycles. The second-order valence-electron chi connectivity index (χ2n) is 4.54. The Morgan fingerprint density at radius 1 is 1.44 bits per heavy atom. The van der Waals surface area contributed by atoms with E-state index in [0.717, 1.165) is 26.2 Å². The van der Waals surface area contributed by atoms with Crippen LogP contribution in [0.15, 0.2) is 16.6 Å². The summed E-state index contributed by atoms with van der Waals surface area (Å²) < 4.78 is 6.71. The van der Waals surface area contributed by atoms with Gasteiger partial charge in [0, 0.05) is 17.1 Å². The van der Waals surface area contributed by atoms with Gasteiger partial charge in [-0.15, -0.1) is 0 Å². The molecule has 1 aliphatic rings. The van der Waals surface area contributed by atoms with Gasteiger partial charge >= 0.3 is 0 Å². The lowest BCUT2D eigenvalue weighted by Crippen LogP contribution is -2.24. The molecule has 0 bridgehead atoms. The van der Waals surface area contributed by atoms with Crippen molar-refractivity contribution in [2.75, 3.05) is 6.61 Å². The van der Waals surface area contributed by atoms with E-state index in [2.05, 4.69) is 47.2 Å². The number of benzene rings is 1. The first kappa shape index (κ1) is 12.1. The van der Waals surface area contributed by atoms with Gasteiger partial charge in [-0.3, -0.25) is 0 Å². The molecule has 0 amide bonds. The fourth-order valence-corrected chi connectivity index (χ4v) is 2.54. The van der Waals surface area contributed by atoms with Crippen LogP contribution in [0.25, 0.3) is 0 Å². The fourth-order valence-electron chi connectivity index (χ4n) is 1.99. The van der Waals surface area contributed by atoms with Crippen molar-refractivity contribution in [3.05, 3.63) is 33.3 Å². The highest BCUT2D eigenvalue weighted by molar-refractivity contribution is 9.10. The molecular weight excluding hydrogens is 266 g/mol. The highest BCUT2D eigenvalue weighted by Crippen LogP contribution is 2.25. The highest BCUT2D eigenvalue weighted by Gasteiger charge is 2.14. The third-order valence-electron chi connectivity index (χ3n) is 2.86. The van der Waals surface area contributed by atoms with Crippen LogP contribution in [0, 0.1) is 0 Å². The van der Waals surface area contributed by atoms with Crippen molar-refractivity contribution in [1.82, 2.24) is 5.32 Å². The fraction of sp³-hybridized carbons (Fsp3) is 0.538.